The van der Waals surface area contributed by atoms with Crippen LogP contribution in [0.2, 0.25) is 0 Å². The van der Waals surface area contributed by atoms with Gasteiger partial charge < -0.3 is 9.80 Å². The summed E-state index contributed by atoms with van der Waals surface area (Å²) in [7, 11) is 0. The van der Waals surface area contributed by atoms with Crippen LogP contribution in [0, 0.1) is 0 Å². The summed E-state index contributed by atoms with van der Waals surface area (Å²) in [4.78, 5) is 31.0. The largest absolute Gasteiger partial charge is 0.332 e. The molecule has 1 aliphatic rings. The van der Waals surface area contributed by atoms with E-state index in [1.807, 2.05) is 12.3 Å². The van der Waals surface area contributed by atoms with Gasteiger partial charge in [0.1, 0.15) is 11.6 Å². The Bertz CT molecular complexity index is 463. The molecular weight excluding hydrogens is 274 g/mol. The highest BCUT2D eigenvalue weighted by Crippen LogP contribution is 2.15. The van der Waals surface area contributed by atoms with Gasteiger partial charge in [0, 0.05) is 11.9 Å². The highest BCUT2D eigenvalue weighted by Gasteiger charge is 2.29. The number of rotatable bonds is 4. The number of halogens is 1. The Morgan fingerprint density at radius 2 is 2.00 bits per heavy atom. The molecule has 1 aromatic rings. The maximum Gasteiger partial charge on any atom is 0.243 e. The van der Waals surface area contributed by atoms with Crippen LogP contribution < -0.4 is 0 Å². The van der Waals surface area contributed by atoms with Gasteiger partial charge in [-0.1, -0.05) is 0 Å². The van der Waals surface area contributed by atoms with Gasteiger partial charge in [0.05, 0.1) is 24.7 Å². The van der Waals surface area contributed by atoms with Gasteiger partial charge in [-0.3, -0.25) is 9.59 Å². The number of aromatic nitrogens is 1. The summed E-state index contributed by atoms with van der Waals surface area (Å²) in [6, 6.07) is 0. The molecule has 0 N–H and O–H groups in total. The van der Waals surface area contributed by atoms with Gasteiger partial charge in [0.15, 0.2) is 0 Å². The minimum Gasteiger partial charge on any atom is -0.332 e. The van der Waals surface area contributed by atoms with Crippen LogP contribution in [0.25, 0.3) is 0 Å². The first-order chi connectivity index (χ1) is 8.63. The standard InChI is InChI=1S/C11H14ClN3O2S/c1-2-14-5-11(17)15(6-10(14)16)4-9-13-8(3-12)7-18-9/h7H,2-6H2,1H3. The van der Waals surface area contributed by atoms with Crippen LogP contribution in [0.15, 0.2) is 5.38 Å². The fourth-order valence-electron chi connectivity index (χ4n) is 1.78. The Kier molecular flexibility index (Phi) is 4.19. The quantitative estimate of drug-likeness (QED) is 0.779. The summed E-state index contributed by atoms with van der Waals surface area (Å²) in [5, 5.41) is 2.69. The van der Waals surface area contributed by atoms with Crippen molar-refractivity contribution in [2.75, 3.05) is 19.6 Å². The van der Waals surface area contributed by atoms with E-state index in [2.05, 4.69) is 4.98 Å². The zero-order chi connectivity index (χ0) is 13.1. The number of likely N-dealkylation sites (N-methyl/N-ethyl adjacent to an activating group) is 1. The SMILES string of the molecule is CCN1CC(=O)N(Cc2nc(CCl)cs2)CC1=O. The molecule has 1 aromatic heterocycles. The molecule has 0 atom stereocenters. The van der Waals surface area contributed by atoms with E-state index in [-0.39, 0.29) is 24.9 Å². The fourth-order valence-corrected chi connectivity index (χ4v) is 2.82. The number of thiazole rings is 1. The monoisotopic (exact) mass is 287 g/mol. The summed E-state index contributed by atoms with van der Waals surface area (Å²) in [5.74, 6) is 0.331. The van der Waals surface area contributed by atoms with E-state index in [1.54, 1.807) is 9.80 Å². The van der Waals surface area contributed by atoms with Crippen molar-refractivity contribution in [1.29, 1.82) is 0 Å². The highest BCUT2D eigenvalue weighted by molar-refractivity contribution is 7.09. The summed E-state index contributed by atoms with van der Waals surface area (Å²) in [5.41, 5.74) is 0.808. The smallest absolute Gasteiger partial charge is 0.243 e. The first kappa shape index (κ1) is 13.3. The Labute approximate surface area is 114 Å². The number of nitrogens with zero attached hydrogens (tertiary/aromatic N) is 3. The van der Waals surface area contributed by atoms with Crippen LogP contribution in [0.1, 0.15) is 17.6 Å². The maximum atomic E-state index is 11.9. The molecule has 2 heterocycles. The average Bonchev–Trinajstić information content (AvgIpc) is 2.81. The van der Waals surface area contributed by atoms with Crippen LogP contribution in [0.3, 0.4) is 0 Å². The van der Waals surface area contributed by atoms with E-state index in [9.17, 15) is 9.59 Å². The van der Waals surface area contributed by atoms with Gasteiger partial charge in [-0.2, -0.15) is 0 Å². The van der Waals surface area contributed by atoms with Crippen molar-refractivity contribution < 1.29 is 9.59 Å². The van der Waals surface area contributed by atoms with Gasteiger partial charge in [0.25, 0.3) is 0 Å². The molecule has 0 saturated carbocycles. The Hall–Kier alpha value is -1.14. The molecule has 0 radical (unpaired) electrons. The van der Waals surface area contributed by atoms with Gasteiger partial charge in [0.2, 0.25) is 11.8 Å². The molecule has 0 bridgehead atoms. The lowest BCUT2D eigenvalue weighted by Gasteiger charge is -2.32. The topological polar surface area (TPSA) is 53.5 Å². The Balaban J connectivity index is 2.01. The molecule has 2 rings (SSSR count). The third kappa shape index (κ3) is 2.81. The molecule has 98 valence electrons. The molecule has 0 aromatic carbocycles. The van der Waals surface area contributed by atoms with Crippen LogP contribution in [0.4, 0.5) is 0 Å². The van der Waals surface area contributed by atoms with Crippen molar-refractivity contribution in [2.24, 2.45) is 0 Å². The second-order valence-corrected chi connectivity index (χ2v) is 5.23. The van der Waals surface area contributed by atoms with E-state index in [0.717, 1.165) is 10.7 Å². The average molecular weight is 288 g/mol. The molecule has 1 aliphatic heterocycles. The lowest BCUT2D eigenvalue weighted by atomic mass is 10.3. The molecule has 5 nitrogen and oxygen atoms in total. The summed E-state index contributed by atoms with van der Waals surface area (Å²) >= 11 is 7.14. The predicted molar refractivity (Wildman–Crippen MR) is 69.3 cm³/mol. The van der Waals surface area contributed by atoms with Crippen LogP contribution in [-0.4, -0.2) is 46.2 Å². The Morgan fingerprint density at radius 1 is 1.33 bits per heavy atom. The van der Waals surface area contributed by atoms with E-state index in [1.165, 1.54) is 11.3 Å². The second kappa shape index (κ2) is 5.67. The molecule has 1 saturated heterocycles. The third-order valence-corrected chi connectivity index (χ3v) is 3.96. The molecule has 7 heteroatoms. The van der Waals surface area contributed by atoms with Crippen molar-refractivity contribution in [3.8, 4) is 0 Å². The molecule has 0 unspecified atom stereocenters. The molecule has 0 aliphatic carbocycles. The van der Waals surface area contributed by atoms with Crippen LogP contribution >= 0.6 is 22.9 Å². The van der Waals surface area contributed by atoms with Crippen molar-refractivity contribution in [3.63, 3.8) is 0 Å². The first-order valence-corrected chi connectivity index (χ1v) is 7.10. The number of carbonyl (C=O) groups is 2. The summed E-state index contributed by atoms with van der Waals surface area (Å²) < 4.78 is 0. The fraction of sp³-hybridized carbons (Fsp3) is 0.545. The van der Waals surface area contributed by atoms with E-state index >= 15 is 0 Å². The van der Waals surface area contributed by atoms with Gasteiger partial charge in [-0.15, -0.1) is 22.9 Å². The number of carbonyl (C=O) groups excluding carboxylic acids is 2. The van der Waals surface area contributed by atoms with E-state index in [0.29, 0.717) is 19.0 Å². The minimum atomic E-state index is -0.0286. The van der Waals surface area contributed by atoms with Gasteiger partial charge >= 0.3 is 0 Å². The molecule has 0 spiro atoms. The second-order valence-electron chi connectivity index (χ2n) is 4.02. The number of amides is 2. The van der Waals surface area contributed by atoms with Gasteiger partial charge in [-0.05, 0) is 6.92 Å². The Morgan fingerprint density at radius 3 is 2.61 bits per heavy atom. The number of hydrogen-bond donors (Lipinski definition) is 0. The zero-order valence-electron chi connectivity index (χ0n) is 10.1. The predicted octanol–water partition coefficient (Wildman–Crippen LogP) is 1.07. The highest BCUT2D eigenvalue weighted by atomic mass is 35.5. The molecular formula is C11H14ClN3O2S. The van der Waals surface area contributed by atoms with Crippen LogP contribution in [0.5, 0.6) is 0 Å². The maximum absolute atomic E-state index is 11.9. The first-order valence-electron chi connectivity index (χ1n) is 5.68. The summed E-state index contributed by atoms with van der Waals surface area (Å²) in [6.07, 6.45) is 0. The van der Waals surface area contributed by atoms with Crippen molar-refractivity contribution in [1.82, 2.24) is 14.8 Å². The molecule has 2 amide bonds. The van der Waals surface area contributed by atoms with Crippen molar-refractivity contribution in [2.45, 2.75) is 19.3 Å². The lowest BCUT2D eigenvalue weighted by Crippen LogP contribution is -2.53. The van der Waals surface area contributed by atoms with E-state index in [4.69, 9.17) is 11.6 Å². The van der Waals surface area contributed by atoms with Crippen LogP contribution in [-0.2, 0) is 22.0 Å². The number of piperazine rings is 1. The molecule has 1 fully saturated rings. The van der Waals surface area contributed by atoms with E-state index < -0.39 is 0 Å². The summed E-state index contributed by atoms with van der Waals surface area (Å²) in [6.45, 7) is 3.15. The van der Waals surface area contributed by atoms with Gasteiger partial charge in [-0.25, -0.2) is 4.98 Å². The number of hydrogen-bond acceptors (Lipinski definition) is 4. The minimum absolute atomic E-state index is 0.00813. The molecule has 18 heavy (non-hydrogen) atoms. The normalized spacial score (nSPS) is 16.6. The zero-order valence-corrected chi connectivity index (χ0v) is 11.6. The van der Waals surface area contributed by atoms with Crippen molar-refractivity contribution in [3.05, 3.63) is 16.1 Å². The lowest BCUT2D eigenvalue weighted by molar-refractivity contribution is -0.150. The van der Waals surface area contributed by atoms with Crippen molar-refractivity contribution >= 4 is 34.8 Å². The third-order valence-electron chi connectivity index (χ3n) is 2.80. The number of alkyl halides is 1.